The van der Waals surface area contributed by atoms with Gasteiger partial charge in [-0.05, 0) is 90.8 Å². The van der Waals surface area contributed by atoms with E-state index in [1.54, 1.807) is 36.8 Å². The Morgan fingerprint density at radius 2 is 1.22 bits per heavy atom. The van der Waals surface area contributed by atoms with E-state index in [2.05, 4.69) is 59.8 Å². The summed E-state index contributed by atoms with van der Waals surface area (Å²) >= 11 is 0. The molecule has 51 heavy (non-hydrogen) atoms. The van der Waals surface area contributed by atoms with Crippen molar-refractivity contribution in [3.63, 3.8) is 0 Å². The highest BCUT2D eigenvalue weighted by Crippen LogP contribution is 2.36. The van der Waals surface area contributed by atoms with E-state index in [-0.39, 0.29) is 6.10 Å². The molecule has 264 valence electrons. The first-order valence-electron chi connectivity index (χ1n) is 16.9. The maximum absolute atomic E-state index is 11.8. The summed E-state index contributed by atoms with van der Waals surface area (Å²) in [5, 5.41) is 3.06. The van der Waals surface area contributed by atoms with Crippen LogP contribution < -0.4 is 20.7 Å². The number of benzene rings is 2. The zero-order valence-electron chi connectivity index (χ0n) is 29.7. The summed E-state index contributed by atoms with van der Waals surface area (Å²) in [6, 6.07) is 13.3. The van der Waals surface area contributed by atoms with Crippen molar-refractivity contribution in [1.82, 2.24) is 0 Å². The standard InChI is InChI=1S/C42H42O9/c1-26(2)22-29(23-28(4)14-19-48-41-31-10-12-39(44)50-37(31)25-35-33(41)16-21-46-35)51-42(5,6)17-7-8-27(3)13-18-47-40-30-9-11-38(43)49-36(30)24-34-32(40)15-20-45-34/h7,9-17,20-22,24-25,29H,8,18-19,23H2,1-6H3/b17-7+,27-13+,28-14+/t29-/m1/s1. The fourth-order valence-corrected chi connectivity index (χ4v) is 6.01. The molecule has 0 fully saturated rings. The highest BCUT2D eigenvalue weighted by Gasteiger charge is 2.20. The minimum Gasteiger partial charge on any atom is -0.488 e. The Kier molecular flexibility index (Phi) is 10.5. The third kappa shape index (κ3) is 8.61. The number of ether oxygens (including phenoxy) is 3. The first kappa shape index (κ1) is 35.3. The van der Waals surface area contributed by atoms with E-state index in [9.17, 15) is 9.59 Å². The van der Waals surface area contributed by atoms with Crippen LogP contribution in [0.15, 0.2) is 135 Å². The molecule has 9 heteroatoms. The zero-order valence-corrected chi connectivity index (χ0v) is 29.7. The molecule has 6 rings (SSSR count). The van der Waals surface area contributed by atoms with Gasteiger partial charge in [-0.15, -0.1) is 0 Å². The number of furan rings is 2. The van der Waals surface area contributed by atoms with Gasteiger partial charge in [-0.3, -0.25) is 0 Å². The Balaban J connectivity index is 1.06. The van der Waals surface area contributed by atoms with Crippen LogP contribution >= 0.6 is 0 Å². The van der Waals surface area contributed by atoms with Crippen molar-refractivity contribution in [1.29, 1.82) is 0 Å². The van der Waals surface area contributed by atoms with Crippen LogP contribution in [0.1, 0.15) is 54.4 Å². The molecule has 0 radical (unpaired) electrons. The van der Waals surface area contributed by atoms with Gasteiger partial charge in [0.2, 0.25) is 0 Å². The quantitative estimate of drug-likeness (QED) is 0.0813. The normalized spacial score (nSPS) is 13.5. The predicted octanol–water partition coefficient (Wildman–Crippen LogP) is 10.2. The van der Waals surface area contributed by atoms with Gasteiger partial charge in [0.1, 0.15) is 47.0 Å². The van der Waals surface area contributed by atoms with Gasteiger partial charge in [-0.25, -0.2) is 9.59 Å². The first-order chi connectivity index (χ1) is 24.5. The van der Waals surface area contributed by atoms with Crippen LogP contribution in [0.2, 0.25) is 0 Å². The molecule has 0 saturated heterocycles. The highest BCUT2D eigenvalue weighted by molar-refractivity contribution is 6.02. The van der Waals surface area contributed by atoms with E-state index in [4.69, 9.17) is 31.9 Å². The molecule has 9 nitrogen and oxygen atoms in total. The summed E-state index contributed by atoms with van der Waals surface area (Å²) in [4.78, 5) is 23.6. The molecule has 0 aliphatic rings. The highest BCUT2D eigenvalue weighted by atomic mass is 16.5. The van der Waals surface area contributed by atoms with Crippen molar-refractivity contribution in [2.24, 2.45) is 0 Å². The smallest absolute Gasteiger partial charge is 0.336 e. The SMILES string of the molecule is CC(C)=C[C@H](C/C(C)=C/COc1c2ccoc2cc2oc(=O)ccc12)OC(C)(C)/C=C/C/C(C)=C/COc1c2ccoc2cc2oc(=O)ccc12. The molecular formula is C42H42O9. The van der Waals surface area contributed by atoms with Gasteiger partial charge in [0, 0.05) is 24.3 Å². The van der Waals surface area contributed by atoms with Gasteiger partial charge in [0.15, 0.2) is 0 Å². The van der Waals surface area contributed by atoms with E-state index < -0.39 is 16.9 Å². The van der Waals surface area contributed by atoms with Crippen LogP contribution in [-0.2, 0) is 4.74 Å². The lowest BCUT2D eigenvalue weighted by Gasteiger charge is -2.27. The Labute approximate surface area is 295 Å². The summed E-state index contributed by atoms with van der Waals surface area (Å²) in [6.45, 7) is 13.1. The van der Waals surface area contributed by atoms with Crippen molar-refractivity contribution in [3.8, 4) is 11.5 Å². The number of hydrogen-bond donors (Lipinski definition) is 0. The Morgan fingerprint density at radius 1 is 0.706 bits per heavy atom. The van der Waals surface area contributed by atoms with Crippen molar-refractivity contribution < 1.29 is 31.9 Å². The van der Waals surface area contributed by atoms with E-state index >= 15 is 0 Å². The second-order valence-corrected chi connectivity index (χ2v) is 13.4. The zero-order chi connectivity index (χ0) is 36.1. The number of allylic oxidation sites excluding steroid dienone is 3. The van der Waals surface area contributed by atoms with Crippen molar-refractivity contribution in [2.45, 2.75) is 66.1 Å². The van der Waals surface area contributed by atoms with Gasteiger partial charge in [-0.1, -0.05) is 34.9 Å². The number of fused-ring (bicyclic) bond motifs is 4. The molecule has 0 aliphatic carbocycles. The van der Waals surface area contributed by atoms with Gasteiger partial charge in [0.25, 0.3) is 0 Å². The molecule has 1 atom stereocenters. The van der Waals surface area contributed by atoms with Crippen LogP contribution in [0.25, 0.3) is 43.9 Å². The lowest BCUT2D eigenvalue weighted by molar-refractivity contribution is -0.0177. The molecule has 0 bridgehead atoms. The minimum absolute atomic E-state index is 0.145. The largest absolute Gasteiger partial charge is 0.488 e. The molecule has 0 aliphatic heterocycles. The van der Waals surface area contributed by atoms with Gasteiger partial charge in [-0.2, -0.15) is 0 Å². The maximum atomic E-state index is 11.8. The summed E-state index contributed by atoms with van der Waals surface area (Å²) in [5.41, 5.74) is 4.07. The van der Waals surface area contributed by atoms with Gasteiger partial charge >= 0.3 is 11.3 Å². The van der Waals surface area contributed by atoms with Crippen molar-refractivity contribution in [2.75, 3.05) is 13.2 Å². The Morgan fingerprint density at radius 3 is 1.75 bits per heavy atom. The average Bonchev–Trinajstić information content (AvgIpc) is 3.73. The van der Waals surface area contributed by atoms with Crippen LogP contribution in [0.5, 0.6) is 11.5 Å². The minimum atomic E-state index is -0.524. The number of rotatable bonds is 14. The summed E-state index contributed by atoms with van der Waals surface area (Å²) in [6.07, 6.45) is 14.9. The van der Waals surface area contributed by atoms with Crippen LogP contribution in [0.3, 0.4) is 0 Å². The maximum Gasteiger partial charge on any atom is 0.336 e. The third-order valence-electron chi connectivity index (χ3n) is 8.39. The monoisotopic (exact) mass is 690 g/mol. The second kappa shape index (κ2) is 15.1. The van der Waals surface area contributed by atoms with E-state index in [0.29, 0.717) is 64.2 Å². The van der Waals surface area contributed by atoms with E-state index in [1.165, 1.54) is 17.7 Å². The molecule has 6 aromatic rings. The summed E-state index contributed by atoms with van der Waals surface area (Å²) < 4.78 is 40.9. The van der Waals surface area contributed by atoms with Crippen molar-refractivity contribution >= 4 is 43.9 Å². The molecule has 0 unspecified atom stereocenters. The molecular weight excluding hydrogens is 648 g/mol. The van der Waals surface area contributed by atoms with Crippen LogP contribution in [0, 0.1) is 0 Å². The lowest BCUT2D eigenvalue weighted by atomic mass is 10.0. The number of hydrogen-bond acceptors (Lipinski definition) is 9. The van der Waals surface area contributed by atoms with Gasteiger partial charge < -0.3 is 31.9 Å². The van der Waals surface area contributed by atoms with Crippen LogP contribution in [-0.4, -0.2) is 24.9 Å². The van der Waals surface area contributed by atoms with Crippen LogP contribution in [0.4, 0.5) is 0 Å². The van der Waals surface area contributed by atoms with E-state index in [0.717, 1.165) is 28.3 Å². The first-order valence-corrected chi connectivity index (χ1v) is 16.9. The third-order valence-corrected chi connectivity index (χ3v) is 8.39. The molecule has 2 aromatic carbocycles. The van der Waals surface area contributed by atoms with E-state index in [1.807, 2.05) is 24.3 Å². The van der Waals surface area contributed by atoms with Gasteiger partial charge in [0.05, 0.1) is 45.8 Å². The predicted molar refractivity (Wildman–Crippen MR) is 200 cm³/mol. The molecule has 0 saturated carbocycles. The molecule has 0 N–H and O–H groups in total. The summed E-state index contributed by atoms with van der Waals surface area (Å²) in [5.74, 6) is 1.23. The molecule has 0 amide bonds. The Bertz CT molecular complexity index is 2420. The molecule has 4 heterocycles. The topological polar surface area (TPSA) is 114 Å². The fourth-order valence-electron chi connectivity index (χ4n) is 6.01. The fraction of sp³-hybridized carbons (Fsp3) is 0.286. The average molecular weight is 691 g/mol. The molecule has 4 aromatic heterocycles. The lowest BCUT2D eigenvalue weighted by Crippen LogP contribution is -2.28. The molecule has 0 spiro atoms. The Hall–Kier alpha value is -5.54. The van der Waals surface area contributed by atoms with Crippen molar-refractivity contribution in [3.05, 3.63) is 129 Å². The summed E-state index contributed by atoms with van der Waals surface area (Å²) in [7, 11) is 0. The second-order valence-electron chi connectivity index (χ2n) is 13.4.